The number of unbranched alkanes of at least 4 members (excludes halogenated alkanes) is 1. The molecule has 1 atom stereocenters. The van der Waals surface area contributed by atoms with Gasteiger partial charge in [0.15, 0.2) is 0 Å². The number of nitrogens with one attached hydrogen (secondary N) is 2. The van der Waals surface area contributed by atoms with Crippen LogP contribution < -0.4 is 16.4 Å². The van der Waals surface area contributed by atoms with Crippen LogP contribution in [0.4, 0.5) is 0 Å². The van der Waals surface area contributed by atoms with Crippen LogP contribution in [0, 0.1) is 6.92 Å². The van der Waals surface area contributed by atoms with E-state index >= 15 is 0 Å². The first-order valence-electron chi connectivity index (χ1n) is 7.92. The minimum atomic E-state index is -0.506. The van der Waals surface area contributed by atoms with E-state index in [-0.39, 0.29) is 24.2 Å². The molecule has 0 aliphatic heterocycles. The van der Waals surface area contributed by atoms with Gasteiger partial charge in [0.05, 0.1) is 0 Å². The van der Waals surface area contributed by atoms with Gasteiger partial charge in [-0.15, -0.1) is 12.4 Å². The first kappa shape index (κ1) is 22.8. The van der Waals surface area contributed by atoms with Crippen molar-refractivity contribution in [2.45, 2.75) is 32.2 Å². The standard InChI is InChI=1S/C17H27N3O2S.ClH/c1-13-6-5-7-14(12-13)16(21)20-15(8-11-23-2)17(22)19-10-4-3-9-18;/h5-7,12,15H,3-4,8-11,18H2,1-2H3,(H,19,22)(H,20,21);1H. The smallest absolute Gasteiger partial charge is 0.251 e. The molecule has 1 unspecified atom stereocenters. The minimum Gasteiger partial charge on any atom is -0.354 e. The van der Waals surface area contributed by atoms with Crippen molar-refractivity contribution >= 4 is 36.0 Å². The van der Waals surface area contributed by atoms with Gasteiger partial charge in [-0.3, -0.25) is 9.59 Å². The monoisotopic (exact) mass is 373 g/mol. The molecule has 7 heteroatoms. The van der Waals surface area contributed by atoms with E-state index in [1.807, 2.05) is 31.4 Å². The van der Waals surface area contributed by atoms with Gasteiger partial charge >= 0.3 is 0 Å². The van der Waals surface area contributed by atoms with Crippen LogP contribution in [0.25, 0.3) is 0 Å². The van der Waals surface area contributed by atoms with E-state index < -0.39 is 6.04 Å². The molecule has 136 valence electrons. The van der Waals surface area contributed by atoms with Crippen molar-refractivity contribution in [2.24, 2.45) is 5.73 Å². The molecule has 0 bridgehead atoms. The van der Waals surface area contributed by atoms with Crippen LogP contribution in [0.5, 0.6) is 0 Å². The summed E-state index contributed by atoms with van der Waals surface area (Å²) in [5.74, 6) is 0.476. The van der Waals surface area contributed by atoms with E-state index in [0.717, 1.165) is 24.2 Å². The summed E-state index contributed by atoms with van der Waals surface area (Å²) in [7, 11) is 0. The van der Waals surface area contributed by atoms with Gasteiger partial charge in [0.25, 0.3) is 5.91 Å². The van der Waals surface area contributed by atoms with Crippen molar-refractivity contribution in [1.82, 2.24) is 10.6 Å². The van der Waals surface area contributed by atoms with Crippen LogP contribution in [-0.4, -0.2) is 43.0 Å². The summed E-state index contributed by atoms with van der Waals surface area (Å²) in [5.41, 5.74) is 7.04. The highest BCUT2D eigenvalue weighted by atomic mass is 35.5. The van der Waals surface area contributed by atoms with Crippen LogP contribution in [0.1, 0.15) is 35.2 Å². The highest BCUT2D eigenvalue weighted by molar-refractivity contribution is 7.98. The van der Waals surface area contributed by atoms with Gasteiger partial charge in [0.2, 0.25) is 5.91 Å². The SMILES string of the molecule is CSCCC(NC(=O)c1cccc(C)c1)C(=O)NCCCCN.Cl. The van der Waals surface area contributed by atoms with E-state index in [4.69, 9.17) is 5.73 Å². The number of aryl methyl sites for hydroxylation is 1. The summed E-state index contributed by atoms with van der Waals surface area (Å²) in [5, 5.41) is 5.72. The fourth-order valence-corrected chi connectivity index (χ4v) is 2.61. The summed E-state index contributed by atoms with van der Waals surface area (Å²) >= 11 is 1.66. The third kappa shape index (κ3) is 8.57. The van der Waals surface area contributed by atoms with Crippen molar-refractivity contribution < 1.29 is 9.59 Å². The first-order chi connectivity index (χ1) is 11.1. The third-order valence-electron chi connectivity index (χ3n) is 3.44. The van der Waals surface area contributed by atoms with Crippen molar-refractivity contribution in [3.8, 4) is 0 Å². The highest BCUT2D eigenvalue weighted by Crippen LogP contribution is 2.06. The number of halogens is 1. The van der Waals surface area contributed by atoms with Crippen LogP contribution in [-0.2, 0) is 4.79 Å². The summed E-state index contributed by atoms with van der Waals surface area (Å²) in [4.78, 5) is 24.6. The zero-order valence-electron chi connectivity index (χ0n) is 14.3. The average Bonchev–Trinajstić information content (AvgIpc) is 2.55. The molecule has 0 saturated heterocycles. The zero-order valence-corrected chi connectivity index (χ0v) is 16.0. The van der Waals surface area contributed by atoms with Crippen LogP contribution in [0.2, 0.25) is 0 Å². The summed E-state index contributed by atoms with van der Waals surface area (Å²) in [6.45, 7) is 3.15. The molecule has 0 fully saturated rings. The van der Waals surface area contributed by atoms with Gasteiger partial charge < -0.3 is 16.4 Å². The predicted octanol–water partition coefficient (Wildman–Crippen LogP) is 2.12. The Morgan fingerprint density at radius 2 is 2.04 bits per heavy atom. The predicted molar refractivity (Wildman–Crippen MR) is 104 cm³/mol. The molecular formula is C17H28ClN3O2S. The quantitative estimate of drug-likeness (QED) is 0.548. The fourth-order valence-electron chi connectivity index (χ4n) is 2.14. The Morgan fingerprint density at radius 3 is 2.67 bits per heavy atom. The molecule has 0 saturated carbocycles. The molecular weight excluding hydrogens is 346 g/mol. The minimum absolute atomic E-state index is 0. The Bertz CT molecular complexity index is 514. The summed E-state index contributed by atoms with van der Waals surface area (Å²) < 4.78 is 0. The van der Waals surface area contributed by atoms with E-state index in [1.54, 1.807) is 17.8 Å². The van der Waals surface area contributed by atoms with Gasteiger partial charge in [-0.05, 0) is 56.9 Å². The number of carbonyl (C=O) groups is 2. The Kier molecular flexibility index (Phi) is 12.4. The summed E-state index contributed by atoms with van der Waals surface area (Å²) in [6.07, 6.45) is 4.33. The molecule has 2 amide bonds. The molecule has 1 aromatic rings. The number of hydrogen-bond donors (Lipinski definition) is 3. The number of thioether (sulfide) groups is 1. The molecule has 4 N–H and O–H groups in total. The molecule has 1 aromatic carbocycles. The normalized spacial score (nSPS) is 11.3. The number of hydrogen-bond acceptors (Lipinski definition) is 4. The molecule has 0 aromatic heterocycles. The van der Waals surface area contributed by atoms with Gasteiger partial charge in [0.1, 0.15) is 6.04 Å². The maximum atomic E-state index is 12.3. The number of carbonyl (C=O) groups excluding carboxylic acids is 2. The van der Waals surface area contributed by atoms with Crippen LogP contribution in [0.3, 0.4) is 0 Å². The van der Waals surface area contributed by atoms with E-state index in [9.17, 15) is 9.59 Å². The van der Waals surface area contributed by atoms with E-state index in [0.29, 0.717) is 25.1 Å². The molecule has 1 rings (SSSR count). The van der Waals surface area contributed by atoms with E-state index in [2.05, 4.69) is 10.6 Å². The van der Waals surface area contributed by atoms with Gasteiger partial charge in [0, 0.05) is 12.1 Å². The molecule has 5 nitrogen and oxygen atoms in total. The fraction of sp³-hybridized carbons (Fsp3) is 0.529. The lowest BCUT2D eigenvalue weighted by Gasteiger charge is -2.18. The number of rotatable bonds is 10. The van der Waals surface area contributed by atoms with Crippen molar-refractivity contribution in [2.75, 3.05) is 25.1 Å². The average molecular weight is 374 g/mol. The second kappa shape index (κ2) is 13.1. The molecule has 0 radical (unpaired) electrons. The lowest BCUT2D eigenvalue weighted by Crippen LogP contribution is -2.47. The third-order valence-corrected chi connectivity index (χ3v) is 4.09. The van der Waals surface area contributed by atoms with Crippen molar-refractivity contribution in [3.63, 3.8) is 0 Å². The molecule has 0 aliphatic carbocycles. The van der Waals surface area contributed by atoms with Gasteiger partial charge in [-0.1, -0.05) is 17.7 Å². The Hall–Kier alpha value is -1.24. The highest BCUT2D eigenvalue weighted by Gasteiger charge is 2.20. The zero-order chi connectivity index (χ0) is 17.1. The topological polar surface area (TPSA) is 84.2 Å². The number of nitrogens with two attached hydrogens (primary N) is 1. The Morgan fingerprint density at radius 1 is 1.29 bits per heavy atom. The van der Waals surface area contributed by atoms with Crippen LogP contribution in [0.15, 0.2) is 24.3 Å². The lowest BCUT2D eigenvalue weighted by molar-refractivity contribution is -0.123. The molecule has 0 heterocycles. The van der Waals surface area contributed by atoms with Gasteiger partial charge in [-0.25, -0.2) is 0 Å². The second-order valence-corrected chi connectivity index (χ2v) is 6.45. The summed E-state index contributed by atoms with van der Waals surface area (Å²) in [6, 6.07) is 6.85. The lowest BCUT2D eigenvalue weighted by atomic mass is 10.1. The second-order valence-electron chi connectivity index (χ2n) is 5.46. The Labute approximate surface area is 154 Å². The Balaban J connectivity index is 0.00000529. The maximum absolute atomic E-state index is 12.3. The molecule has 0 aliphatic rings. The van der Waals surface area contributed by atoms with Gasteiger partial charge in [-0.2, -0.15) is 11.8 Å². The number of benzene rings is 1. The number of amides is 2. The van der Waals surface area contributed by atoms with Crippen LogP contribution >= 0.6 is 24.2 Å². The maximum Gasteiger partial charge on any atom is 0.251 e. The largest absolute Gasteiger partial charge is 0.354 e. The first-order valence-corrected chi connectivity index (χ1v) is 9.32. The van der Waals surface area contributed by atoms with E-state index in [1.165, 1.54) is 0 Å². The molecule has 24 heavy (non-hydrogen) atoms. The molecule has 0 spiro atoms. The van der Waals surface area contributed by atoms with Crippen molar-refractivity contribution in [1.29, 1.82) is 0 Å². The van der Waals surface area contributed by atoms with Crippen molar-refractivity contribution in [3.05, 3.63) is 35.4 Å².